The first-order valence-corrected chi connectivity index (χ1v) is 6.37. The lowest BCUT2D eigenvalue weighted by Crippen LogP contribution is -2.09. The highest BCUT2D eigenvalue weighted by atomic mass is 35.5. The molecule has 19 heavy (non-hydrogen) atoms. The Labute approximate surface area is 117 Å². The van der Waals surface area contributed by atoms with Gasteiger partial charge in [0.05, 0.1) is 12.8 Å². The van der Waals surface area contributed by atoms with Crippen LogP contribution < -0.4 is 10.1 Å². The topological polar surface area (TPSA) is 47.0 Å². The second-order valence-electron chi connectivity index (χ2n) is 4.26. The quantitative estimate of drug-likeness (QED) is 0.927. The highest BCUT2D eigenvalue weighted by Crippen LogP contribution is 2.26. The number of hydrogen-bond acceptors (Lipinski definition) is 4. The van der Waals surface area contributed by atoms with Crippen LogP contribution in [0.25, 0.3) is 0 Å². The number of ether oxygens (including phenoxy) is 1. The van der Waals surface area contributed by atoms with Gasteiger partial charge in [-0.2, -0.15) is 0 Å². The minimum atomic E-state index is 0.0951. The first kappa shape index (κ1) is 13.6. The average Bonchev–Trinajstić information content (AvgIpc) is 2.44. The van der Waals surface area contributed by atoms with E-state index in [1.54, 1.807) is 7.11 Å². The minimum Gasteiger partial charge on any atom is -0.497 e. The van der Waals surface area contributed by atoms with Crippen LogP contribution in [-0.2, 0) is 0 Å². The van der Waals surface area contributed by atoms with Gasteiger partial charge in [-0.05, 0) is 31.5 Å². The number of rotatable bonds is 4. The van der Waals surface area contributed by atoms with E-state index < -0.39 is 0 Å². The second kappa shape index (κ2) is 5.89. The highest BCUT2D eigenvalue weighted by molar-refractivity contribution is 6.33. The van der Waals surface area contributed by atoms with Crippen LogP contribution in [0.3, 0.4) is 0 Å². The number of anilines is 1. The van der Waals surface area contributed by atoms with E-state index in [2.05, 4.69) is 22.2 Å². The lowest BCUT2D eigenvalue weighted by molar-refractivity contribution is 0.414. The molecule has 0 aliphatic rings. The largest absolute Gasteiger partial charge is 0.497 e. The Morgan fingerprint density at radius 3 is 2.53 bits per heavy atom. The van der Waals surface area contributed by atoms with Crippen molar-refractivity contribution < 1.29 is 4.74 Å². The molecule has 0 aliphatic heterocycles. The fourth-order valence-corrected chi connectivity index (χ4v) is 1.89. The zero-order valence-electron chi connectivity index (χ0n) is 11.1. The van der Waals surface area contributed by atoms with E-state index in [-0.39, 0.29) is 6.04 Å². The van der Waals surface area contributed by atoms with Crippen LogP contribution in [0.2, 0.25) is 5.02 Å². The van der Waals surface area contributed by atoms with Gasteiger partial charge in [-0.1, -0.05) is 23.7 Å². The summed E-state index contributed by atoms with van der Waals surface area (Å²) < 4.78 is 5.14. The van der Waals surface area contributed by atoms with E-state index >= 15 is 0 Å². The van der Waals surface area contributed by atoms with Gasteiger partial charge in [0.15, 0.2) is 0 Å². The molecule has 100 valence electrons. The lowest BCUT2D eigenvalue weighted by Gasteiger charge is -2.16. The van der Waals surface area contributed by atoms with Crippen LogP contribution in [0.4, 0.5) is 5.82 Å². The maximum atomic E-state index is 6.16. The first-order valence-electron chi connectivity index (χ1n) is 5.99. The molecule has 4 nitrogen and oxygen atoms in total. The number of nitrogens with zero attached hydrogens (tertiary/aromatic N) is 2. The molecule has 0 fully saturated rings. The van der Waals surface area contributed by atoms with E-state index in [1.165, 1.54) is 6.33 Å². The Balaban J connectivity index is 2.15. The SMILES string of the molecule is COc1ccc(C(C)Nc2ncnc(C)c2Cl)cc1. The summed E-state index contributed by atoms with van der Waals surface area (Å²) in [7, 11) is 1.65. The minimum absolute atomic E-state index is 0.0951. The number of methoxy groups -OCH3 is 1. The number of nitrogens with one attached hydrogen (secondary N) is 1. The summed E-state index contributed by atoms with van der Waals surface area (Å²) in [5.74, 6) is 1.49. The van der Waals surface area contributed by atoms with Gasteiger partial charge in [0.1, 0.15) is 22.9 Å². The van der Waals surface area contributed by atoms with Crippen LogP contribution in [0.5, 0.6) is 5.75 Å². The second-order valence-corrected chi connectivity index (χ2v) is 4.64. The van der Waals surface area contributed by atoms with E-state index in [1.807, 2.05) is 31.2 Å². The van der Waals surface area contributed by atoms with Gasteiger partial charge in [0.2, 0.25) is 0 Å². The van der Waals surface area contributed by atoms with Crippen LogP contribution in [0, 0.1) is 6.92 Å². The third kappa shape index (κ3) is 3.15. The van der Waals surface area contributed by atoms with Crippen molar-refractivity contribution in [2.75, 3.05) is 12.4 Å². The molecule has 0 amide bonds. The van der Waals surface area contributed by atoms with Crippen molar-refractivity contribution in [3.63, 3.8) is 0 Å². The summed E-state index contributed by atoms with van der Waals surface area (Å²) in [4.78, 5) is 8.20. The van der Waals surface area contributed by atoms with Crippen molar-refractivity contribution in [2.45, 2.75) is 19.9 Å². The Kier molecular flexibility index (Phi) is 4.22. The highest BCUT2D eigenvalue weighted by Gasteiger charge is 2.10. The molecule has 0 radical (unpaired) electrons. The summed E-state index contributed by atoms with van der Waals surface area (Å²) in [6, 6.07) is 7.98. The van der Waals surface area contributed by atoms with Gasteiger partial charge in [-0.25, -0.2) is 9.97 Å². The standard InChI is InChI=1S/C14H16ClN3O/c1-9(11-4-6-12(19-3)7-5-11)18-14-13(15)10(2)16-8-17-14/h4-9H,1-3H3,(H,16,17,18). The monoisotopic (exact) mass is 277 g/mol. The van der Waals surface area contributed by atoms with Gasteiger partial charge >= 0.3 is 0 Å². The van der Waals surface area contributed by atoms with Crippen LogP contribution in [0.1, 0.15) is 24.2 Å². The average molecular weight is 278 g/mol. The molecule has 1 unspecified atom stereocenters. The van der Waals surface area contributed by atoms with Gasteiger partial charge in [0, 0.05) is 6.04 Å². The predicted molar refractivity (Wildman–Crippen MR) is 76.8 cm³/mol. The molecule has 1 atom stereocenters. The molecular weight excluding hydrogens is 262 g/mol. The molecule has 0 saturated carbocycles. The summed E-state index contributed by atoms with van der Waals surface area (Å²) in [6.45, 7) is 3.91. The van der Waals surface area contributed by atoms with Crippen molar-refractivity contribution in [1.82, 2.24) is 9.97 Å². The molecule has 1 aromatic heterocycles. The summed E-state index contributed by atoms with van der Waals surface area (Å²) in [5.41, 5.74) is 1.90. The molecule has 0 aliphatic carbocycles. The predicted octanol–water partition coefficient (Wildman–Crippen LogP) is 3.62. The molecule has 5 heteroatoms. The number of hydrogen-bond donors (Lipinski definition) is 1. The summed E-state index contributed by atoms with van der Waals surface area (Å²) >= 11 is 6.16. The van der Waals surface area contributed by atoms with E-state index in [0.717, 1.165) is 17.0 Å². The molecule has 1 heterocycles. The lowest BCUT2D eigenvalue weighted by atomic mass is 10.1. The van der Waals surface area contributed by atoms with Gasteiger partial charge in [-0.3, -0.25) is 0 Å². The van der Waals surface area contributed by atoms with Gasteiger partial charge in [-0.15, -0.1) is 0 Å². The number of aromatic nitrogens is 2. The Hall–Kier alpha value is -1.81. The molecule has 0 spiro atoms. The first-order chi connectivity index (χ1) is 9.11. The van der Waals surface area contributed by atoms with E-state index in [0.29, 0.717) is 10.8 Å². The maximum Gasteiger partial charge on any atom is 0.148 e. The van der Waals surface area contributed by atoms with Crippen molar-refractivity contribution >= 4 is 17.4 Å². The third-order valence-electron chi connectivity index (χ3n) is 2.93. The van der Waals surface area contributed by atoms with Crippen molar-refractivity contribution in [3.8, 4) is 5.75 Å². The maximum absolute atomic E-state index is 6.16. The molecule has 0 saturated heterocycles. The van der Waals surface area contributed by atoms with Crippen molar-refractivity contribution in [3.05, 3.63) is 46.9 Å². The summed E-state index contributed by atoms with van der Waals surface area (Å²) in [5, 5.41) is 3.84. The smallest absolute Gasteiger partial charge is 0.148 e. The zero-order chi connectivity index (χ0) is 13.8. The molecule has 1 aromatic carbocycles. The Bertz CT molecular complexity index is 557. The molecule has 0 bridgehead atoms. The summed E-state index contributed by atoms with van der Waals surface area (Å²) in [6.07, 6.45) is 1.50. The van der Waals surface area contributed by atoms with Crippen LogP contribution >= 0.6 is 11.6 Å². The van der Waals surface area contributed by atoms with E-state index in [4.69, 9.17) is 16.3 Å². The van der Waals surface area contributed by atoms with Crippen LogP contribution in [-0.4, -0.2) is 17.1 Å². The number of benzene rings is 1. The van der Waals surface area contributed by atoms with Crippen molar-refractivity contribution in [1.29, 1.82) is 0 Å². The Morgan fingerprint density at radius 1 is 1.21 bits per heavy atom. The van der Waals surface area contributed by atoms with Crippen LogP contribution in [0.15, 0.2) is 30.6 Å². The molecule has 1 N–H and O–H groups in total. The van der Waals surface area contributed by atoms with Gasteiger partial charge < -0.3 is 10.1 Å². The Morgan fingerprint density at radius 2 is 1.89 bits per heavy atom. The molecular formula is C14H16ClN3O. The van der Waals surface area contributed by atoms with Gasteiger partial charge in [0.25, 0.3) is 0 Å². The third-order valence-corrected chi connectivity index (χ3v) is 3.39. The number of aryl methyl sites for hydroxylation is 1. The molecule has 2 rings (SSSR count). The molecule has 2 aromatic rings. The van der Waals surface area contributed by atoms with E-state index in [9.17, 15) is 0 Å². The fraction of sp³-hybridized carbons (Fsp3) is 0.286. The zero-order valence-corrected chi connectivity index (χ0v) is 11.9. The normalized spacial score (nSPS) is 12.0. The fourth-order valence-electron chi connectivity index (χ4n) is 1.74. The number of halogens is 1. The van der Waals surface area contributed by atoms with Crippen molar-refractivity contribution in [2.24, 2.45) is 0 Å².